The maximum atomic E-state index is 9.87. The van der Waals surface area contributed by atoms with E-state index in [1.54, 1.807) is 12.4 Å². The molecule has 31 heavy (non-hydrogen) atoms. The van der Waals surface area contributed by atoms with Gasteiger partial charge in [-0.25, -0.2) is 0 Å². The Morgan fingerprint density at radius 2 is 1.19 bits per heavy atom. The zero-order valence-corrected chi connectivity index (χ0v) is 17.8. The molecule has 2 aliphatic heterocycles. The number of fused-ring (bicyclic) bond motifs is 1. The van der Waals surface area contributed by atoms with E-state index < -0.39 is 15.6 Å². The molecule has 0 aromatic carbocycles. The Kier molecular flexibility index (Phi) is 7.33. The SMILES string of the molecule is C1=C[N-]C(=C2C=Cc3cccnc3[N-]2)C=C1.F[P-](F)(F)(F)(F)F.F[P-](F)(F)(F)(F)F.[Ru+4]. The Morgan fingerprint density at radius 3 is 1.65 bits per heavy atom. The topological polar surface area (TPSA) is 41.1 Å². The summed E-state index contributed by atoms with van der Waals surface area (Å²) in [5, 5.41) is 8.74. The first-order chi connectivity index (χ1) is 12.8. The van der Waals surface area contributed by atoms with Crippen molar-refractivity contribution in [3.8, 4) is 0 Å². The zero-order chi connectivity index (χ0) is 23.6. The van der Waals surface area contributed by atoms with Crippen molar-refractivity contribution in [2.24, 2.45) is 0 Å². The Hall–Kier alpha value is -1.65. The molecule has 0 amide bonds. The first-order valence-corrected chi connectivity index (χ1v) is 11.2. The van der Waals surface area contributed by atoms with Gasteiger partial charge < -0.3 is 15.6 Å². The molecule has 0 bridgehead atoms. The van der Waals surface area contributed by atoms with E-state index in [0.717, 1.165) is 22.8 Å². The summed E-state index contributed by atoms with van der Waals surface area (Å²) in [7, 11) is -21.3. The first kappa shape index (κ1) is 29.4. The maximum Gasteiger partial charge on any atom is 4.00 e. The van der Waals surface area contributed by atoms with Crippen LogP contribution in [-0.4, -0.2) is 4.98 Å². The molecule has 0 atom stereocenters. The van der Waals surface area contributed by atoms with Crippen LogP contribution in [0.4, 0.5) is 56.2 Å². The normalized spacial score (nSPS) is 21.4. The fourth-order valence-corrected chi connectivity index (χ4v) is 1.61. The van der Waals surface area contributed by atoms with E-state index in [-0.39, 0.29) is 19.5 Å². The molecule has 1 aromatic heterocycles. The van der Waals surface area contributed by atoms with Gasteiger partial charge in [0.1, 0.15) is 0 Å². The smallest absolute Gasteiger partial charge is 4.00 e. The van der Waals surface area contributed by atoms with Crippen LogP contribution in [-0.2, 0) is 19.5 Å². The second kappa shape index (κ2) is 7.74. The predicted octanol–water partition coefficient (Wildman–Crippen LogP) is 10.5. The van der Waals surface area contributed by atoms with Crippen LogP contribution in [0.2, 0.25) is 0 Å². The van der Waals surface area contributed by atoms with Gasteiger partial charge >= 0.3 is 85.5 Å². The number of hydrogen-bond donors (Lipinski definition) is 0. The number of hydrogen-bond acceptors (Lipinski definition) is 1. The number of nitrogens with zero attached hydrogens (tertiary/aromatic N) is 3. The molecule has 2 aliphatic rings. The van der Waals surface area contributed by atoms with Crippen LogP contribution in [0.15, 0.2) is 60.2 Å². The second-order valence-corrected chi connectivity index (χ2v) is 9.21. The van der Waals surface area contributed by atoms with Crippen LogP contribution in [0, 0.1) is 0 Å². The molecule has 0 unspecified atom stereocenters. The van der Waals surface area contributed by atoms with Gasteiger partial charge in [0.05, 0.1) is 0 Å². The maximum absolute atomic E-state index is 10.7. The molecule has 0 fully saturated rings. The minimum absolute atomic E-state index is 0. The van der Waals surface area contributed by atoms with E-state index in [9.17, 15) is 50.4 Å². The minimum atomic E-state index is -10.7. The number of aromatic nitrogens is 1. The van der Waals surface area contributed by atoms with Crippen LogP contribution < -0.4 is 0 Å². The number of pyridine rings is 1. The molecule has 3 rings (SSSR count). The fraction of sp³-hybridized carbons (Fsp3) is 0. The summed E-state index contributed by atoms with van der Waals surface area (Å²) in [6.45, 7) is 0. The molecule has 18 heteroatoms. The largest absolute Gasteiger partial charge is 4.00 e. The third-order valence-corrected chi connectivity index (χ3v) is 2.39. The summed E-state index contributed by atoms with van der Waals surface area (Å²) in [6, 6.07) is 3.90. The molecule has 0 spiro atoms. The van der Waals surface area contributed by atoms with E-state index in [1.807, 2.05) is 42.5 Å². The Balaban J connectivity index is 0.000000510. The summed E-state index contributed by atoms with van der Waals surface area (Å²) in [5.74, 6) is 0.755. The molecular weight excluding hydrogens is 589 g/mol. The molecule has 0 N–H and O–H groups in total. The van der Waals surface area contributed by atoms with Crippen molar-refractivity contribution in [1.29, 1.82) is 0 Å². The van der Waals surface area contributed by atoms with E-state index in [0.29, 0.717) is 0 Å². The van der Waals surface area contributed by atoms with Gasteiger partial charge in [-0.2, -0.15) is 6.20 Å². The number of halogens is 12. The zero-order valence-electron chi connectivity index (χ0n) is 14.3. The van der Waals surface area contributed by atoms with Crippen molar-refractivity contribution in [2.75, 3.05) is 0 Å². The van der Waals surface area contributed by atoms with Crippen molar-refractivity contribution in [2.45, 2.75) is 0 Å². The monoisotopic (exact) mass is 599 g/mol. The van der Waals surface area contributed by atoms with Crippen molar-refractivity contribution in [1.82, 2.24) is 4.98 Å². The summed E-state index contributed by atoms with van der Waals surface area (Å²) >= 11 is 0. The van der Waals surface area contributed by atoms with Gasteiger partial charge in [0, 0.05) is 0 Å². The summed E-state index contributed by atoms with van der Waals surface area (Å²) in [6.07, 6.45) is 13.3. The van der Waals surface area contributed by atoms with Gasteiger partial charge in [0.25, 0.3) is 0 Å². The van der Waals surface area contributed by atoms with E-state index in [4.69, 9.17) is 0 Å². The third-order valence-electron chi connectivity index (χ3n) is 2.39. The van der Waals surface area contributed by atoms with Crippen LogP contribution in [0.25, 0.3) is 16.7 Å². The summed E-state index contributed by atoms with van der Waals surface area (Å²) in [4.78, 5) is 4.23. The van der Waals surface area contributed by atoms with Crippen LogP contribution >= 0.6 is 15.6 Å². The van der Waals surface area contributed by atoms with Gasteiger partial charge in [-0.3, -0.25) is 0 Å². The quantitative estimate of drug-likeness (QED) is 0.167. The fourth-order valence-electron chi connectivity index (χ4n) is 1.61. The molecular formula is C13H9F12N3P2Ru. The van der Waals surface area contributed by atoms with Gasteiger partial charge in [-0.15, -0.1) is 5.70 Å². The van der Waals surface area contributed by atoms with E-state index in [1.165, 1.54) is 0 Å². The molecule has 3 heterocycles. The van der Waals surface area contributed by atoms with Crippen molar-refractivity contribution < 1.29 is 69.8 Å². The Morgan fingerprint density at radius 1 is 0.677 bits per heavy atom. The molecule has 0 aliphatic carbocycles. The molecule has 178 valence electrons. The second-order valence-electron chi connectivity index (χ2n) is 5.38. The number of rotatable bonds is 0. The van der Waals surface area contributed by atoms with Crippen molar-refractivity contribution in [3.63, 3.8) is 0 Å². The predicted molar refractivity (Wildman–Crippen MR) is 92.1 cm³/mol. The standard InChI is InChI=1S/C13H9N3.2F6P.Ru/c1-2-8-14-11(5-1)12-7-6-10-4-3-9-15-13(10)16-12;2*1-7(2,3,4,5)6;/h1-9H;;;/q-2;2*-1;+4. The molecule has 1 aromatic rings. The average Bonchev–Trinajstić information content (AvgIpc) is 2.49. The van der Waals surface area contributed by atoms with Gasteiger partial charge in [-0.1, -0.05) is 60.2 Å². The van der Waals surface area contributed by atoms with Gasteiger partial charge in [0.15, 0.2) is 0 Å². The van der Waals surface area contributed by atoms with Crippen molar-refractivity contribution in [3.05, 3.63) is 76.4 Å². The van der Waals surface area contributed by atoms with Crippen LogP contribution in [0.3, 0.4) is 0 Å². The van der Waals surface area contributed by atoms with Gasteiger partial charge in [-0.05, 0) is 5.56 Å². The Labute approximate surface area is 179 Å². The van der Waals surface area contributed by atoms with Crippen LogP contribution in [0.5, 0.6) is 0 Å². The summed E-state index contributed by atoms with van der Waals surface area (Å²) < 4.78 is 118. The number of allylic oxidation sites excluding steroid dienone is 4. The van der Waals surface area contributed by atoms with E-state index >= 15 is 0 Å². The van der Waals surface area contributed by atoms with Crippen molar-refractivity contribution >= 4 is 27.5 Å². The summed E-state index contributed by atoms with van der Waals surface area (Å²) in [5.41, 5.74) is 2.77. The molecule has 0 saturated carbocycles. The average molecular weight is 598 g/mol. The molecule has 0 radical (unpaired) electrons. The molecule has 3 nitrogen and oxygen atoms in total. The molecule has 0 saturated heterocycles. The third kappa shape index (κ3) is 21.4. The van der Waals surface area contributed by atoms with E-state index in [2.05, 4.69) is 15.6 Å². The van der Waals surface area contributed by atoms with Gasteiger partial charge in [0.2, 0.25) is 0 Å². The van der Waals surface area contributed by atoms with Crippen LogP contribution in [0.1, 0.15) is 5.56 Å². The minimum Gasteiger partial charge on any atom is 4.00 e. The Bertz CT molecular complexity index is 880. The first-order valence-electron chi connectivity index (χ1n) is 7.09.